The van der Waals surface area contributed by atoms with E-state index in [1.54, 1.807) is 0 Å². The van der Waals surface area contributed by atoms with Crippen LogP contribution in [-0.2, 0) is 4.79 Å². The minimum atomic E-state index is 0.356. The van der Waals surface area contributed by atoms with Crippen LogP contribution in [0.2, 0.25) is 0 Å². The second-order valence-corrected chi connectivity index (χ2v) is 8.12. The van der Waals surface area contributed by atoms with Crippen LogP contribution < -0.4 is 0 Å². The number of hydrogen-bond donors (Lipinski definition) is 0. The molecule has 3 heteroatoms. The smallest absolute Gasteiger partial charge is 0.222 e. The minimum Gasteiger partial charge on any atom is -0.343 e. The highest BCUT2D eigenvalue weighted by Crippen LogP contribution is 2.13. The third-order valence-electron chi connectivity index (χ3n) is 5.26. The van der Waals surface area contributed by atoms with E-state index in [0.717, 1.165) is 38.9 Å². The van der Waals surface area contributed by atoms with Crippen molar-refractivity contribution in [2.24, 2.45) is 0 Å². The zero-order valence-electron chi connectivity index (χ0n) is 18.5. The maximum atomic E-state index is 12.3. The van der Waals surface area contributed by atoms with Crippen LogP contribution in [0.25, 0.3) is 0 Å². The van der Waals surface area contributed by atoms with Crippen molar-refractivity contribution in [1.82, 2.24) is 9.80 Å². The molecule has 0 aliphatic rings. The number of unbranched alkanes of at least 4 members (excludes halogenated alkanes) is 12. The van der Waals surface area contributed by atoms with E-state index in [1.807, 2.05) is 4.90 Å². The van der Waals surface area contributed by atoms with Crippen LogP contribution in [0.5, 0.6) is 0 Å². The highest BCUT2D eigenvalue weighted by Gasteiger charge is 2.10. The molecule has 0 fully saturated rings. The quantitative estimate of drug-likeness (QED) is 0.251. The van der Waals surface area contributed by atoms with E-state index < -0.39 is 0 Å². The van der Waals surface area contributed by atoms with Crippen LogP contribution >= 0.6 is 0 Å². The molecule has 0 rings (SSSR count). The molecule has 3 nitrogen and oxygen atoms in total. The number of hydrogen-bond acceptors (Lipinski definition) is 2. The molecule has 0 N–H and O–H groups in total. The molecule has 0 saturated heterocycles. The van der Waals surface area contributed by atoms with Crippen LogP contribution in [-0.4, -0.2) is 49.4 Å². The fraction of sp³-hybridized carbons (Fsp3) is 0.957. The minimum absolute atomic E-state index is 0.356. The molecule has 0 radical (unpaired) electrons. The Labute approximate surface area is 164 Å². The number of carbonyl (C=O) groups is 1. The van der Waals surface area contributed by atoms with E-state index in [1.165, 1.54) is 77.0 Å². The fourth-order valence-corrected chi connectivity index (χ4v) is 3.49. The Kier molecular flexibility index (Phi) is 18.8. The Balaban J connectivity index is 3.40. The van der Waals surface area contributed by atoms with Gasteiger partial charge in [-0.2, -0.15) is 0 Å². The predicted molar refractivity (Wildman–Crippen MR) is 116 cm³/mol. The number of amides is 1. The molecule has 0 aliphatic heterocycles. The molecule has 0 spiro atoms. The molecule has 0 aromatic heterocycles. The largest absolute Gasteiger partial charge is 0.343 e. The van der Waals surface area contributed by atoms with E-state index in [4.69, 9.17) is 0 Å². The first kappa shape index (κ1) is 25.4. The highest BCUT2D eigenvalue weighted by atomic mass is 16.2. The van der Waals surface area contributed by atoms with Gasteiger partial charge in [-0.15, -0.1) is 0 Å². The first-order chi connectivity index (χ1) is 12.6. The van der Waals surface area contributed by atoms with Crippen LogP contribution in [0.4, 0.5) is 0 Å². The maximum absolute atomic E-state index is 12.3. The lowest BCUT2D eigenvalue weighted by Crippen LogP contribution is -2.33. The van der Waals surface area contributed by atoms with Crippen molar-refractivity contribution in [1.29, 1.82) is 0 Å². The molecular weight excluding hydrogens is 320 g/mol. The Hall–Kier alpha value is -0.570. The van der Waals surface area contributed by atoms with Gasteiger partial charge in [0.25, 0.3) is 0 Å². The topological polar surface area (TPSA) is 23.6 Å². The summed E-state index contributed by atoms with van der Waals surface area (Å²) < 4.78 is 0. The molecule has 26 heavy (non-hydrogen) atoms. The lowest BCUT2D eigenvalue weighted by atomic mass is 10.0. The Morgan fingerprint density at radius 3 is 1.50 bits per heavy atom. The molecule has 0 aliphatic carbocycles. The summed E-state index contributed by atoms with van der Waals surface area (Å²) in [6.07, 6.45) is 19.5. The zero-order valence-corrected chi connectivity index (χ0v) is 18.5. The normalized spacial score (nSPS) is 11.3. The van der Waals surface area contributed by atoms with E-state index in [-0.39, 0.29) is 0 Å². The highest BCUT2D eigenvalue weighted by molar-refractivity contribution is 5.76. The van der Waals surface area contributed by atoms with Gasteiger partial charge in [0.1, 0.15) is 0 Å². The summed E-state index contributed by atoms with van der Waals surface area (Å²) in [5, 5.41) is 0. The molecule has 0 aromatic rings. The number of rotatable bonds is 19. The van der Waals surface area contributed by atoms with Gasteiger partial charge in [-0.1, -0.05) is 84.0 Å². The Morgan fingerprint density at radius 1 is 0.615 bits per heavy atom. The van der Waals surface area contributed by atoms with Crippen molar-refractivity contribution in [2.45, 2.75) is 110 Å². The lowest BCUT2D eigenvalue weighted by Gasteiger charge is -2.22. The molecule has 0 aromatic carbocycles. The maximum Gasteiger partial charge on any atom is 0.222 e. The Morgan fingerprint density at radius 2 is 1.08 bits per heavy atom. The third kappa shape index (κ3) is 16.9. The first-order valence-electron chi connectivity index (χ1n) is 11.5. The van der Waals surface area contributed by atoms with Crippen molar-refractivity contribution in [3.8, 4) is 0 Å². The van der Waals surface area contributed by atoms with Crippen LogP contribution in [0.3, 0.4) is 0 Å². The molecule has 0 saturated carbocycles. The van der Waals surface area contributed by atoms with Gasteiger partial charge >= 0.3 is 0 Å². The molecule has 0 atom stereocenters. The van der Waals surface area contributed by atoms with Crippen molar-refractivity contribution in [3.05, 3.63) is 0 Å². The molecule has 0 heterocycles. The molecule has 0 unspecified atom stereocenters. The SMILES string of the molecule is CCCCCCCCCCCCCCCC(=O)N(CC)CCCN(C)C. The second-order valence-electron chi connectivity index (χ2n) is 8.12. The van der Waals surface area contributed by atoms with Gasteiger partial charge in [-0.05, 0) is 40.4 Å². The van der Waals surface area contributed by atoms with Gasteiger partial charge < -0.3 is 9.80 Å². The summed E-state index contributed by atoms with van der Waals surface area (Å²) in [6, 6.07) is 0. The average Bonchev–Trinajstić information content (AvgIpc) is 2.62. The molecule has 1 amide bonds. The Bertz CT molecular complexity index is 305. The van der Waals surface area contributed by atoms with E-state index in [2.05, 4.69) is 32.8 Å². The van der Waals surface area contributed by atoms with Gasteiger partial charge in [-0.3, -0.25) is 4.79 Å². The number of carbonyl (C=O) groups excluding carboxylic acids is 1. The zero-order chi connectivity index (χ0) is 19.5. The third-order valence-corrected chi connectivity index (χ3v) is 5.26. The standard InChI is InChI=1S/C23H48N2O/c1-5-7-8-9-10-11-12-13-14-15-16-17-18-20-23(26)25(6-2)22-19-21-24(3)4/h5-22H2,1-4H3. The summed E-state index contributed by atoms with van der Waals surface area (Å²) >= 11 is 0. The van der Waals surface area contributed by atoms with Gasteiger partial charge in [0.15, 0.2) is 0 Å². The van der Waals surface area contributed by atoms with Crippen molar-refractivity contribution in [2.75, 3.05) is 33.7 Å². The van der Waals surface area contributed by atoms with E-state index in [9.17, 15) is 4.79 Å². The second kappa shape index (κ2) is 19.2. The summed E-state index contributed by atoms with van der Waals surface area (Å²) in [6.45, 7) is 7.19. The molecule has 0 bridgehead atoms. The number of nitrogens with zero attached hydrogens (tertiary/aromatic N) is 2. The van der Waals surface area contributed by atoms with Crippen molar-refractivity contribution >= 4 is 5.91 Å². The fourth-order valence-electron chi connectivity index (χ4n) is 3.49. The van der Waals surface area contributed by atoms with Crippen molar-refractivity contribution in [3.63, 3.8) is 0 Å². The van der Waals surface area contributed by atoms with Crippen LogP contribution in [0.15, 0.2) is 0 Å². The van der Waals surface area contributed by atoms with Gasteiger partial charge in [0.2, 0.25) is 5.91 Å². The van der Waals surface area contributed by atoms with E-state index in [0.29, 0.717) is 5.91 Å². The van der Waals surface area contributed by atoms with Crippen LogP contribution in [0.1, 0.15) is 110 Å². The van der Waals surface area contributed by atoms with Gasteiger partial charge in [0.05, 0.1) is 0 Å². The molecular formula is C23H48N2O. The average molecular weight is 369 g/mol. The lowest BCUT2D eigenvalue weighted by molar-refractivity contribution is -0.131. The van der Waals surface area contributed by atoms with E-state index >= 15 is 0 Å². The summed E-state index contributed by atoms with van der Waals surface area (Å²) in [7, 11) is 4.18. The molecule has 156 valence electrons. The summed E-state index contributed by atoms with van der Waals surface area (Å²) in [5.41, 5.74) is 0. The predicted octanol–water partition coefficient (Wildman–Crippen LogP) is 6.27. The first-order valence-corrected chi connectivity index (χ1v) is 11.5. The summed E-state index contributed by atoms with van der Waals surface area (Å²) in [5.74, 6) is 0.356. The summed E-state index contributed by atoms with van der Waals surface area (Å²) in [4.78, 5) is 16.5. The monoisotopic (exact) mass is 368 g/mol. The van der Waals surface area contributed by atoms with Gasteiger partial charge in [0, 0.05) is 19.5 Å². The van der Waals surface area contributed by atoms with Gasteiger partial charge in [-0.25, -0.2) is 0 Å². The van der Waals surface area contributed by atoms with Crippen molar-refractivity contribution < 1.29 is 4.79 Å². The van der Waals surface area contributed by atoms with Crippen LogP contribution in [0, 0.1) is 0 Å².